The minimum Gasteiger partial charge on any atom is -0.494 e. The van der Waals surface area contributed by atoms with Crippen molar-refractivity contribution in [1.29, 1.82) is 0 Å². The summed E-state index contributed by atoms with van der Waals surface area (Å²) in [6, 6.07) is 4.22. The third-order valence-corrected chi connectivity index (χ3v) is 3.56. The highest BCUT2D eigenvalue weighted by atomic mass is 79.9. The fourth-order valence-electron chi connectivity index (χ4n) is 2.21. The Morgan fingerprint density at radius 2 is 2.33 bits per heavy atom. The molecule has 0 bridgehead atoms. The summed E-state index contributed by atoms with van der Waals surface area (Å²) in [5, 5.41) is 0. The number of halogens is 1. The van der Waals surface area contributed by atoms with Crippen LogP contribution in [0, 0.1) is 0 Å². The van der Waals surface area contributed by atoms with Gasteiger partial charge in [-0.3, -0.25) is 0 Å². The predicted molar refractivity (Wildman–Crippen MR) is 65.2 cm³/mol. The first-order chi connectivity index (χ1) is 7.24. The smallest absolute Gasteiger partial charge is 0.122 e. The second-order valence-electron chi connectivity index (χ2n) is 3.87. The highest BCUT2D eigenvalue weighted by Gasteiger charge is 2.22. The minimum atomic E-state index is 0.156. The second kappa shape index (κ2) is 4.54. The van der Waals surface area contributed by atoms with Crippen LogP contribution in [0.15, 0.2) is 16.6 Å². The molecule has 0 saturated heterocycles. The van der Waals surface area contributed by atoms with Gasteiger partial charge in [-0.1, -0.05) is 15.9 Å². The summed E-state index contributed by atoms with van der Waals surface area (Å²) in [5.74, 6) is 1.01. The first-order valence-electron chi connectivity index (χ1n) is 5.43. The van der Waals surface area contributed by atoms with Crippen LogP contribution in [-0.2, 0) is 6.42 Å². The molecule has 1 aliphatic carbocycles. The number of rotatable bonds is 2. The minimum absolute atomic E-state index is 0.156. The SMILES string of the molecule is CCOc1ccc(Br)c2c1CCCC2N. The van der Waals surface area contributed by atoms with Gasteiger partial charge in [0.2, 0.25) is 0 Å². The number of benzene rings is 1. The van der Waals surface area contributed by atoms with Crippen molar-refractivity contribution in [2.24, 2.45) is 5.73 Å². The molecule has 0 saturated carbocycles. The number of fused-ring (bicyclic) bond motifs is 1. The third kappa shape index (κ3) is 2.04. The van der Waals surface area contributed by atoms with Crippen molar-refractivity contribution in [3.8, 4) is 5.75 Å². The van der Waals surface area contributed by atoms with Gasteiger partial charge in [-0.05, 0) is 43.9 Å². The second-order valence-corrected chi connectivity index (χ2v) is 4.72. The molecular weight excluding hydrogens is 254 g/mol. The largest absolute Gasteiger partial charge is 0.494 e. The molecule has 2 rings (SSSR count). The fraction of sp³-hybridized carbons (Fsp3) is 0.500. The third-order valence-electron chi connectivity index (χ3n) is 2.87. The lowest BCUT2D eigenvalue weighted by Crippen LogP contribution is -2.18. The Hall–Kier alpha value is -0.540. The van der Waals surface area contributed by atoms with E-state index in [0.717, 1.165) is 29.5 Å². The quantitative estimate of drug-likeness (QED) is 0.895. The number of nitrogens with two attached hydrogens (primary N) is 1. The van der Waals surface area contributed by atoms with Gasteiger partial charge in [-0.15, -0.1) is 0 Å². The van der Waals surface area contributed by atoms with Gasteiger partial charge < -0.3 is 10.5 Å². The van der Waals surface area contributed by atoms with Crippen LogP contribution in [0.5, 0.6) is 5.75 Å². The Morgan fingerprint density at radius 3 is 3.07 bits per heavy atom. The molecule has 2 nitrogen and oxygen atoms in total. The lowest BCUT2D eigenvalue weighted by Gasteiger charge is -2.25. The number of ether oxygens (including phenoxy) is 1. The number of hydrogen-bond acceptors (Lipinski definition) is 2. The van der Waals surface area contributed by atoms with E-state index >= 15 is 0 Å². The first-order valence-corrected chi connectivity index (χ1v) is 6.23. The molecule has 1 unspecified atom stereocenters. The molecule has 15 heavy (non-hydrogen) atoms. The summed E-state index contributed by atoms with van der Waals surface area (Å²) in [6.45, 7) is 2.72. The molecule has 0 fully saturated rings. The molecule has 1 atom stereocenters. The van der Waals surface area contributed by atoms with E-state index in [2.05, 4.69) is 15.9 Å². The summed E-state index contributed by atoms with van der Waals surface area (Å²) >= 11 is 3.57. The topological polar surface area (TPSA) is 35.2 Å². The van der Waals surface area contributed by atoms with Crippen LogP contribution in [0.3, 0.4) is 0 Å². The molecule has 0 radical (unpaired) electrons. The highest BCUT2D eigenvalue weighted by molar-refractivity contribution is 9.10. The maximum atomic E-state index is 6.13. The van der Waals surface area contributed by atoms with Crippen LogP contribution in [0.2, 0.25) is 0 Å². The van der Waals surface area contributed by atoms with E-state index in [1.807, 2.05) is 19.1 Å². The van der Waals surface area contributed by atoms with Gasteiger partial charge in [0, 0.05) is 16.1 Å². The van der Waals surface area contributed by atoms with E-state index < -0.39 is 0 Å². The zero-order valence-electron chi connectivity index (χ0n) is 8.92. The van der Waals surface area contributed by atoms with Gasteiger partial charge in [0.05, 0.1) is 6.61 Å². The molecule has 1 aromatic rings. The van der Waals surface area contributed by atoms with Gasteiger partial charge >= 0.3 is 0 Å². The van der Waals surface area contributed by atoms with E-state index in [1.54, 1.807) is 0 Å². The molecule has 2 N–H and O–H groups in total. The lowest BCUT2D eigenvalue weighted by atomic mass is 9.87. The first kappa shape index (κ1) is 11.0. The van der Waals surface area contributed by atoms with Crippen molar-refractivity contribution >= 4 is 15.9 Å². The van der Waals surface area contributed by atoms with Crippen molar-refractivity contribution in [3.63, 3.8) is 0 Å². The highest BCUT2D eigenvalue weighted by Crippen LogP contribution is 2.38. The molecule has 0 spiro atoms. The lowest BCUT2D eigenvalue weighted by molar-refractivity contribution is 0.333. The Kier molecular flexibility index (Phi) is 3.32. The van der Waals surface area contributed by atoms with Crippen molar-refractivity contribution < 1.29 is 4.74 Å². The van der Waals surface area contributed by atoms with E-state index in [-0.39, 0.29) is 6.04 Å². The monoisotopic (exact) mass is 269 g/mol. The van der Waals surface area contributed by atoms with E-state index in [0.29, 0.717) is 6.61 Å². The molecule has 0 heterocycles. The Labute approximate surface area is 98.9 Å². The summed E-state index contributed by atoms with van der Waals surface area (Å²) in [7, 11) is 0. The molecule has 0 amide bonds. The van der Waals surface area contributed by atoms with E-state index in [4.69, 9.17) is 10.5 Å². The van der Waals surface area contributed by atoms with Gasteiger partial charge in [0.1, 0.15) is 5.75 Å². The van der Waals surface area contributed by atoms with Crippen LogP contribution in [0.25, 0.3) is 0 Å². The average Bonchev–Trinajstić information content (AvgIpc) is 2.22. The summed E-state index contributed by atoms with van der Waals surface area (Å²) in [5.41, 5.74) is 8.67. The van der Waals surface area contributed by atoms with Crippen molar-refractivity contribution in [1.82, 2.24) is 0 Å². The fourth-order valence-corrected chi connectivity index (χ4v) is 2.87. The zero-order chi connectivity index (χ0) is 10.8. The van der Waals surface area contributed by atoms with Crippen LogP contribution in [0.1, 0.15) is 36.9 Å². The molecule has 3 heteroatoms. The Morgan fingerprint density at radius 1 is 1.53 bits per heavy atom. The molecule has 82 valence electrons. The molecule has 1 aromatic carbocycles. The normalized spacial score (nSPS) is 19.8. The van der Waals surface area contributed by atoms with Gasteiger partial charge in [0.25, 0.3) is 0 Å². The van der Waals surface area contributed by atoms with E-state index in [1.165, 1.54) is 11.1 Å². The van der Waals surface area contributed by atoms with Gasteiger partial charge in [-0.2, -0.15) is 0 Å². The molecule has 0 aliphatic heterocycles. The maximum Gasteiger partial charge on any atom is 0.122 e. The Bertz CT molecular complexity index is 365. The van der Waals surface area contributed by atoms with Crippen LogP contribution < -0.4 is 10.5 Å². The van der Waals surface area contributed by atoms with Crippen LogP contribution in [-0.4, -0.2) is 6.61 Å². The van der Waals surface area contributed by atoms with Crippen LogP contribution in [0.4, 0.5) is 0 Å². The van der Waals surface area contributed by atoms with Crippen molar-refractivity contribution in [2.45, 2.75) is 32.2 Å². The summed E-state index contributed by atoms with van der Waals surface area (Å²) in [6.07, 6.45) is 3.31. The summed E-state index contributed by atoms with van der Waals surface area (Å²) in [4.78, 5) is 0. The van der Waals surface area contributed by atoms with E-state index in [9.17, 15) is 0 Å². The Balaban J connectivity index is 2.48. The zero-order valence-corrected chi connectivity index (χ0v) is 10.5. The molecular formula is C12H16BrNO. The van der Waals surface area contributed by atoms with Crippen molar-refractivity contribution in [3.05, 3.63) is 27.7 Å². The summed E-state index contributed by atoms with van der Waals surface area (Å²) < 4.78 is 6.75. The maximum absolute atomic E-state index is 6.13. The van der Waals surface area contributed by atoms with Crippen molar-refractivity contribution in [2.75, 3.05) is 6.61 Å². The van der Waals surface area contributed by atoms with Gasteiger partial charge in [-0.25, -0.2) is 0 Å². The standard InChI is InChI=1S/C12H16BrNO/c1-2-15-11-7-6-9(13)12-8(11)4-3-5-10(12)14/h6-7,10H,2-5,14H2,1H3. The predicted octanol–water partition coefficient (Wildman–Crippen LogP) is 3.18. The molecule has 0 aromatic heterocycles. The number of hydrogen-bond donors (Lipinski definition) is 1. The van der Waals surface area contributed by atoms with Gasteiger partial charge in [0.15, 0.2) is 0 Å². The average molecular weight is 270 g/mol. The van der Waals surface area contributed by atoms with Crippen LogP contribution >= 0.6 is 15.9 Å². The molecule has 1 aliphatic rings.